The van der Waals surface area contributed by atoms with Crippen LogP contribution in [0, 0.1) is 0 Å². The minimum absolute atomic E-state index is 0.299. The van der Waals surface area contributed by atoms with Gasteiger partial charge in [-0.1, -0.05) is 11.6 Å². The third kappa shape index (κ3) is 3.53. The Balaban J connectivity index is 1.65. The summed E-state index contributed by atoms with van der Waals surface area (Å²) >= 11 is 6.25. The van der Waals surface area contributed by atoms with Gasteiger partial charge in [-0.2, -0.15) is 0 Å². The summed E-state index contributed by atoms with van der Waals surface area (Å²) in [4.78, 5) is 2.26. The fourth-order valence-electron chi connectivity index (χ4n) is 4.29. The van der Waals surface area contributed by atoms with Crippen LogP contribution < -0.4 is 0 Å². The van der Waals surface area contributed by atoms with Crippen molar-refractivity contribution >= 4 is 11.6 Å². The van der Waals surface area contributed by atoms with Crippen LogP contribution in [0.15, 0.2) is 18.2 Å². The first-order valence-corrected chi connectivity index (χ1v) is 9.96. The summed E-state index contributed by atoms with van der Waals surface area (Å²) in [6, 6.07) is 6.15. The fraction of sp³-hybridized carbons (Fsp3) is 0.600. The van der Waals surface area contributed by atoms with Crippen molar-refractivity contribution < 1.29 is 4.74 Å². The molecule has 2 aromatic rings. The molecule has 0 saturated heterocycles. The maximum atomic E-state index is 6.25. The van der Waals surface area contributed by atoms with Gasteiger partial charge in [-0.05, 0) is 70.3 Å². The van der Waals surface area contributed by atoms with Crippen molar-refractivity contribution in [3.8, 4) is 5.69 Å². The molecule has 0 unspecified atom stereocenters. The second-order valence-corrected chi connectivity index (χ2v) is 8.35. The molecule has 1 aliphatic heterocycles. The summed E-state index contributed by atoms with van der Waals surface area (Å²) in [6.45, 7) is 5.89. The van der Waals surface area contributed by atoms with Gasteiger partial charge in [-0.15, -0.1) is 10.2 Å². The van der Waals surface area contributed by atoms with Crippen molar-refractivity contribution in [1.29, 1.82) is 0 Å². The molecule has 2 aliphatic rings. The summed E-state index contributed by atoms with van der Waals surface area (Å²) in [5.41, 5.74) is 2.41. The minimum Gasteiger partial charge on any atom is -0.376 e. The third-order valence-electron chi connectivity index (χ3n) is 5.39. The third-order valence-corrected chi connectivity index (χ3v) is 5.63. The number of fused-ring (bicyclic) bond motifs is 3. The van der Waals surface area contributed by atoms with Gasteiger partial charge in [0.05, 0.1) is 24.4 Å². The highest BCUT2D eigenvalue weighted by Gasteiger charge is 2.30. The second kappa shape index (κ2) is 7.29. The number of hydrogen-bond donors (Lipinski definition) is 0. The fourth-order valence-corrected chi connectivity index (χ4v) is 4.48. The summed E-state index contributed by atoms with van der Waals surface area (Å²) in [6.07, 6.45) is 5.09. The highest BCUT2D eigenvalue weighted by Crippen LogP contribution is 2.36. The number of aromatic nitrogens is 3. The molecular formula is C20H27ClN4O. The number of benzene rings is 1. The zero-order valence-electron chi connectivity index (χ0n) is 15.8. The van der Waals surface area contributed by atoms with Crippen molar-refractivity contribution in [3.63, 3.8) is 0 Å². The Morgan fingerprint density at radius 2 is 1.88 bits per heavy atom. The molecule has 0 atom stereocenters. The maximum Gasteiger partial charge on any atom is 0.151 e. The lowest BCUT2D eigenvalue weighted by Crippen LogP contribution is -2.25. The number of hydrogen-bond acceptors (Lipinski definition) is 4. The molecule has 1 saturated carbocycles. The predicted octanol–water partition coefficient (Wildman–Crippen LogP) is 4.32. The molecule has 0 radical (unpaired) electrons. The topological polar surface area (TPSA) is 43.2 Å². The maximum absolute atomic E-state index is 6.25. The van der Waals surface area contributed by atoms with E-state index in [0.717, 1.165) is 55.4 Å². The minimum atomic E-state index is 0.299. The van der Waals surface area contributed by atoms with Gasteiger partial charge in [0.15, 0.2) is 5.82 Å². The van der Waals surface area contributed by atoms with Crippen molar-refractivity contribution in [2.75, 3.05) is 7.05 Å². The summed E-state index contributed by atoms with van der Waals surface area (Å²) < 4.78 is 8.29. The van der Waals surface area contributed by atoms with Crippen LogP contribution in [0.2, 0.25) is 5.02 Å². The highest BCUT2D eigenvalue weighted by molar-refractivity contribution is 6.30. The highest BCUT2D eigenvalue weighted by atomic mass is 35.5. The SMILES string of the molecule is CC(C)O[C@H]1CC[C@@H](c2nnc3n2-c2ccc(Cl)cc2CN(C)C3)CC1. The summed E-state index contributed by atoms with van der Waals surface area (Å²) in [5, 5.41) is 9.93. The van der Waals surface area contributed by atoms with E-state index in [0.29, 0.717) is 18.1 Å². The second-order valence-electron chi connectivity index (χ2n) is 7.91. The van der Waals surface area contributed by atoms with Gasteiger partial charge in [0, 0.05) is 17.5 Å². The molecule has 1 aromatic carbocycles. The quantitative estimate of drug-likeness (QED) is 0.802. The monoisotopic (exact) mass is 374 g/mol. The van der Waals surface area contributed by atoms with Crippen molar-refractivity contribution in [1.82, 2.24) is 19.7 Å². The molecule has 0 N–H and O–H groups in total. The van der Waals surface area contributed by atoms with Crippen LogP contribution in [-0.2, 0) is 17.8 Å². The number of ether oxygens (including phenoxy) is 1. The standard InChI is InChI=1S/C20H27ClN4O/c1-13(2)26-17-7-4-14(5-8-17)20-23-22-19-12-24(3)11-15-10-16(21)6-9-18(15)25(19)20/h6,9-10,13-14,17H,4-5,7-8,11-12H2,1-3H3/t14-,17+. The molecule has 140 valence electrons. The molecule has 1 fully saturated rings. The Bertz CT molecular complexity index is 780. The number of nitrogens with zero attached hydrogens (tertiary/aromatic N) is 4. The van der Waals surface area contributed by atoms with Crippen molar-refractivity contribution in [3.05, 3.63) is 40.4 Å². The van der Waals surface area contributed by atoms with Crippen LogP contribution in [0.25, 0.3) is 5.69 Å². The molecule has 5 nitrogen and oxygen atoms in total. The van der Waals surface area contributed by atoms with Crippen LogP contribution >= 0.6 is 11.6 Å². The van der Waals surface area contributed by atoms with E-state index in [4.69, 9.17) is 16.3 Å². The molecule has 1 aliphatic carbocycles. The average molecular weight is 375 g/mol. The van der Waals surface area contributed by atoms with Crippen molar-refractivity contribution in [2.45, 2.75) is 70.7 Å². The Hall–Kier alpha value is -1.43. The first kappa shape index (κ1) is 18.0. The molecule has 26 heavy (non-hydrogen) atoms. The molecule has 0 bridgehead atoms. The first-order chi connectivity index (χ1) is 12.5. The molecule has 1 aromatic heterocycles. The van der Waals surface area contributed by atoms with E-state index in [2.05, 4.69) is 52.7 Å². The summed E-state index contributed by atoms with van der Waals surface area (Å²) in [7, 11) is 2.11. The van der Waals surface area contributed by atoms with Crippen molar-refractivity contribution in [2.24, 2.45) is 0 Å². The lowest BCUT2D eigenvalue weighted by atomic mass is 9.86. The van der Waals surface area contributed by atoms with E-state index in [9.17, 15) is 0 Å². The van der Waals surface area contributed by atoms with Gasteiger partial charge in [0.1, 0.15) is 5.82 Å². The van der Waals surface area contributed by atoms with Crippen LogP contribution in [0.4, 0.5) is 0 Å². The number of rotatable bonds is 3. The molecule has 0 amide bonds. The Morgan fingerprint density at radius 1 is 1.12 bits per heavy atom. The van der Waals surface area contributed by atoms with Gasteiger partial charge in [-0.3, -0.25) is 9.47 Å². The molecule has 4 rings (SSSR count). The van der Waals surface area contributed by atoms with E-state index < -0.39 is 0 Å². The van der Waals surface area contributed by atoms with Gasteiger partial charge >= 0.3 is 0 Å². The normalized spacial score (nSPS) is 23.6. The summed E-state index contributed by atoms with van der Waals surface area (Å²) in [5.74, 6) is 2.56. The van der Waals surface area contributed by atoms with Gasteiger partial charge < -0.3 is 4.74 Å². The van der Waals surface area contributed by atoms with E-state index in [-0.39, 0.29) is 0 Å². The van der Waals surface area contributed by atoms with E-state index in [1.165, 1.54) is 11.3 Å². The van der Waals surface area contributed by atoms with E-state index in [1.807, 2.05) is 6.07 Å². The zero-order valence-corrected chi connectivity index (χ0v) is 16.5. The average Bonchev–Trinajstić information content (AvgIpc) is 2.92. The van der Waals surface area contributed by atoms with Gasteiger partial charge in [-0.25, -0.2) is 0 Å². The largest absolute Gasteiger partial charge is 0.376 e. The lowest BCUT2D eigenvalue weighted by Gasteiger charge is -2.29. The predicted molar refractivity (Wildman–Crippen MR) is 103 cm³/mol. The lowest BCUT2D eigenvalue weighted by molar-refractivity contribution is -0.0151. The first-order valence-electron chi connectivity index (χ1n) is 9.58. The molecular weight excluding hydrogens is 348 g/mol. The Kier molecular flexibility index (Phi) is 5.04. The van der Waals surface area contributed by atoms with Crippen LogP contribution in [0.3, 0.4) is 0 Å². The van der Waals surface area contributed by atoms with Crippen LogP contribution in [0.1, 0.15) is 62.7 Å². The number of halogens is 1. The zero-order chi connectivity index (χ0) is 18.3. The van der Waals surface area contributed by atoms with E-state index in [1.54, 1.807) is 0 Å². The van der Waals surface area contributed by atoms with Gasteiger partial charge in [0.2, 0.25) is 0 Å². The molecule has 6 heteroatoms. The van der Waals surface area contributed by atoms with Crippen LogP contribution in [0.5, 0.6) is 0 Å². The Labute approximate surface area is 160 Å². The molecule has 0 spiro atoms. The van der Waals surface area contributed by atoms with Gasteiger partial charge in [0.25, 0.3) is 0 Å². The van der Waals surface area contributed by atoms with E-state index >= 15 is 0 Å². The Morgan fingerprint density at radius 3 is 2.62 bits per heavy atom. The molecule has 2 heterocycles. The van der Waals surface area contributed by atoms with Crippen LogP contribution in [-0.4, -0.2) is 38.9 Å². The smallest absolute Gasteiger partial charge is 0.151 e.